The van der Waals surface area contributed by atoms with Gasteiger partial charge in [-0.1, -0.05) is 0 Å². The molecule has 0 N–H and O–H groups in total. The van der Waals surface area contributed by atoms with Crippen molar-refractivity contribution in [3.05, 3.63) is 38.9 Å². The third-order valence-corrected chi connectivity index (χ3v) is 2.07. The first-order valence-electron chi connectivity index (χ1n) is 4.22. The van der Waals surface area contributed by atoms with Crippen molar-refractivity contribution in [1.82, 2.24) is 0 Å². The third kappa shape index (κ3) is 2.07. The molecule has 0 fully saturated rings. The van der Waals surface area contributed by atoms with Crippen LogP contribution in [0.5, 0.6) is 0 Å². The number of hydrogen-bond acceptors (Lipinski definition) is 4. The molecule has 0 radical (unpaired) electrons. The van der Waals surface area contributed by atoms with Crippen LogP contribution in [0.25, 0.3) is 0 Å². The Labute approximate surface area is 85.9 Å². The summed E-state index contributed by atoms with van der Waals surface area (Å²) in [6, 6.07) is 2.49. The molecule has 0 saturated heterocycles. The first kappa shape index (κ1) is 11.0. The lowest BCUT2D eigenvalue weighted by Crippen LogP contribution is -2.02. The molecule has 0 atom stereocenters. The maximum absolute atomic E-state index is 11.1. The Balaban J connectivity index is 3.50. The molecule has 0 aromatic heterocycles. The van der Waals surface area contributed by atoms with E-state index in [4.69, 9.17) is 0 Å². The summed E-state index contributed by atoms with van der Waals surface area (Å²) in [6.07, 6.45) is 0.521. The number of hydrogen-bond donors (Lipinski definition) is 0. The van der Waals surface area contributed by atoms with Crippen LogP contribution in [0, 0.1) is 17.0 Å². The lowest BCUT2D eigenvalue weighted by atomic mass is 10.0. The van der Waals surface area contributed by atoms with Crippen molar-refractivity contribution in [3.8, 4) is 0 Å². The van der Waals surface area contributed by atoms with Gasteiger partial charge in [-0.05, 0) is 19.9 Å². The van der Waals surface area contributed by atoms with Gasteiger partial charge in [0, 0.05) is 22.8 Å². The number of aldehydes is 1. The van der Waals surface area contributed by atoms with Gasteiger partial charge in [-0.25, -0.2) is 0 Å². The molecule has 0 aliphatic carbocycles. The van der Waals surface area contributed by atoms with E-state index in [1.807, 2.05) is 0 Å². The molecule has 78 valence electrons. The highest BCUT2D eigenvalue weighted by molar-refractivity contribution is 6.02. The first-order valence-corrected chi connectivity index (χ1v) is 4.22. The molecule has 0 spiro atoms. The van der Waals surface area contributed by atoms with Crippen LogP contribution in [-0.4, -0.2) is 17.0 Å². The zero-order chi connectivity index (χ0) is 11.6. The number of aryl methyl sites for hydroxylation is 1. The topological polar surface area (TPSA) is 77.3 Å². The van der Waals surface area contributed by atoms with E-state index in [1.165, 1.54) is 19.9 Å². The highest BCUT2D eigenvalue weighted by Gasteiger charge is 2.17. The molecular weight excluding hydrogens is 198 g/mol. The van der Waals surface area contributed by atoms with Crippen LogP contribution in [0.15, 0.2) is 12.1 Å². The van der Waals surface area contributed by atoms with E-state index in [9.17, 15) is 19.7 Å². The molecule has 0 unspecified atom stereocenters. The summed E-state index contributed by atoms with van der Waals surface area (Å²) in [4.78, 5) is 31.8. The molecule has 1 aromatic carbocycles. The minimum absolute atomic E-state index is 0.0855. The Morgan fingerprint density at radius 2 is 2.07 bits per heavy atom. The monoisotopic (exact) mass is 207 g/mol. The zero-order valence-corrected chi connectivity index (χ0v) is 8.31. The Bertz CT molecular complexity index is 451. The summed E-state index contributed by atoms with van der Waals surface area (Å²) in [5.41, 5.74) is 0.491. The second kappa shape index (κ2) is 4.00. The second-order valence-electron chi connectivity index (χ2n) is 3.16. The Kier molecular flexibility index (Phi) is 2.94. The van der Waals surface area contributed by atoms with Crippen LogP contribution in [-0.2, 0) is 0 Å². The molecule has 0 heterocycles. The molecular formula is C10H9NO4. The van der Waals surface area contributed by atoms with Crippen LogP contribution in [0.2, 0.25) is 0 Å². The smallest absolute Gasteiger partial charge is 0.273 e. The summed E-state index contributed by atoms with van der Waals surface area (Å²) in [5, 5.41) is 10.6. The minimum Gasteiger partial charge on any atom is -0.298 e. The van der Waals surface area contributed by atoms with Crippen molar-refractivity contribution in [2.24, 2.45) is 0 Å². The van der Waals surface area contributed by atoms with E-state index < -0.39 is 4.92 Å². The Hall–Kier alpha value is -2.04. The van der Waals surface area contributed by atoms with Gasteiger partial charge in [0.25, 0.3) is 5.69 Å². The molecule has 1 aromatic rings. The number of Topliss-reactive ketones (excluding diaryl/α,β-unsaturated/α-hetero) is 1. The fraction of sp³-hybridized carbons (Fsp3) is 0.200. The number of benzene rings is 1. The Morgan fingerprint density at radius 1 is 1.47 bits per heavy atom. The lowest BCUT2D eigenvalue weighted by Gasteiger charge is -2.03. The van der Waals surface area contributed by atoms with E-state index in [0.29, 0.717) is 11.8 Å². The quantitative estimate of drug-likeness (QED) is 0.328. The average molecular weight is 207 g/mol. The van der Waals surface area contributed by atoms with Crippen LogP contribution in [0.1, 0.15) is 33.2 Å². The number of ketones is 1. The van der Waals surface area contributed by atoms with Gasteiger partial charge >= 0.3 is 0 Å². The van der Waals surface area contributed by atoms with Gasteiger partial charge in [0.2, 0.25) is 0 Å². The maximum atomic E-state index is 11.1. The summed E-state index contributed by atoms with van der Waals surface area (Å²) < 4.78 is 0. The lowest BCUT2D eigenvalue weighted by molar-refractivity contribution is -0.385. The van der Waals surface area contributed by atoms with Crippen molar-refractivity contribution < 1.29 is 14.5 Å². The molecule has 0 aliphatic rings. The van der Waals surface area contributed by atoms with Gasteiger partial charge in [-0.3, -0.25) is 19.7 Å². The molecule has 5 heteroatoms. The van der Waals surface area contributed by atoms with E-state index in [2.05, 4.69) is 0 Å². The van der Waals surface area contributed by atoms with Crippen LogP contribution in [0.3, 0.4) is 0 Å². The number of nitro benzene ring substituents is 1. The number of nitrogens with zero attached hydrogens (tertiary/aromatic N) is 1. The summed E-state index contributed by atoms with van der Waals surface area (Å²) >= 11 is 0. The molecule has 0 amide bonds. The Morgan fingerprint density at radius 3 is 2.47 bits per heavy atom. The van der Waals surface area contributed by atoms with E-state index in [-0.39, 0.29) is 22.6 Å². The standard InChI is InChI=1S/C10H9NO4/c1-6-3-8(5-12)9(7(2)13)4-10(6)11(14)15/h3-5H,1-2H3. The highest BCUT2D eigenvalue weighted by atomic mass is 16.6. The number of nitro groups is 1. The van der Waals surface area contributed by atoms with E-state index >= 15 is 0 Å². The van der Waals surface area contributed by atoms with Crippen LogP contribution >= 0.6 is 0 Å². The van der Waals surface area contributed by atoms with Crippen molar-refractivity contribution in [1.29, 1.82) is 0 Å². The molecule has 0 bridgehead atoms. The van der Waals surface area contributed by atoms with Gasteiger partial charge < -0.3 is 0 Å². The van der Waals surface area contributed by atoms with Crippen molar-refractivity contribution >= 4 is 17.8 Å². The van der Waals surface area contributed by atoms with Crippen LogP contribution in [0.4, 0.5) is 5.69 Å². The van der Waals surface area contributed by atoms with Crippen LogP contribution < -0.4 is 0 Å². The molecule has 0 saturated carbocycles. The van der Waals surface area contributed by atoms with E-state index in [1.54, 1.807) is 0 Å². The maximum Gasteiger partial charge on any atom is 0.273 e. The molecule has 5 nitrogen and oxygen atoms in total. The molecule has 0 aliphatic heterocycles. The van der Waals surface area contributed by atoms with Crippen molar-refractivity contribution in [2.75, 3.05) is 0 Å². The fourth-order valence-electron chi connectivity index (χ4n) is 1.32. The average Bonchev–Trinajstić information content (AvgIpc) is 2.16. The summed E-state index contributed by atoms with van der Waals surface area (Å²) in [7, 11) is 0. The fourth-order valence-corrected chi connectivity index (χ4v) is 1.32. The van der Waals surface area contributed by atoms with Crippen molar-refractivity contribution in [2.45, 2.75) is 13.8 Å². The first-order chi connectivity index (χ1) is 6.97. The van der Waals surface area contributed by atoms with Crippen molar-refractivity contribution in [3.63, 3.8) is 0 Å². The van der Waals surface area contributed by atoms with Gasteiger partial charge in [0.05, 0.1) is 4.92 Å². The number of carbonyl (C=O) groups excluding carboxylic acids is 2. The predicted octanol–water partition coefficient (Wildman–Crippen LogP) is 1.92. The van der Waals surface area contributed by atoms with Gasteiger partial charge in [-0.15, -0.1) is 0 Å². The normalized spacial score (nSPS) is 9.73. The zero-order valence-electron chi connectivity index (χ0n) is 8.31. The van der Waals surface area contributed by atoms with Gasteiger partial charge in [0.1, 0.15) is 0 Å². The second-order valence-corrected chi connectivity index (χ2v) is 3.16. The third-order valence-electron chi connectivity index (χ3n) is 2.07. The van der Waals surface area contributed by atoms with Gasteiger partial charge in [0.15, 0.2) is 12.1 Å². The highest BCUT2D eigenvalue weighted by Crippen LogP contribution is 2.22. The summed E-state index contributed by atoms with van der Waals surface area (Å²) in [6.45, 7) is 2.79. The predicted molar refractivity (Wildman–Crippen MR) is 53.2 cm³/mol. The SMILES string of the molecule is CC(=O)c1cc([N+](=O)[O-])c(C)cc1C=O. The number of rotatable bonds is 3. The molecule has 1 rings (SSSR count). The summed E-state index contributed by atoms with van der Waals surface area (Å²) in [5.74, 6) is -0.361. The number of carbonyl (C=O) groups is 2. The molecule has 15 heavy (non-hydrogen) atoms. The minimum atomic E-state index is -0.573. The van der Waals surface area contributed by atoms with E-state index in [0.717, 1.165) is 6.07 Å². The van der Waals surface area contributed by atoms with Gasteiger partial charge in [-0.2, -0.15) is 0 Å². The largest absolute Gasteiger partial charge is 0.298 e.